The molecule has 1 heterocycles. The van der Waals surface area contributed by atoms with Gasteiger partial charge in [-0.25, -0.2) is 4.79 Å². The number of hydrogen-bond donors (Lipinski definition) is 1. The minimum Gasteiger partial charge on any atom is -0.502 e. The van der Waals surface area contributed by atoms with Crippen molar-refractivity contribution in [2.75, 3.05) is 7.11 Å². The Hall–Kier alpha value is -1.84. The standard InChI is InChI=1S/C9H9NO3/c1-13-9(12)8(11)5-7-3-2-4-10-6-7/h2-6,11H,1H3/b8-5+. The van der Waals surface area contributed by atoms with Crippen molar-refractivity contribution in [1.82, 2.24) is 4.98 Å². The molecule has 0 amide bonds. The summed E-state index contributed by atoms with van der Waals surface area (Å²) < 4.78 is 4.31. The van der Waals surface area contributed by atoms with Gasteiger partial charge < -0.3 is 9.84 Å². The molecule has 0 aliphatic carbocycles. The van der Waals surface area contributed by atoms with Crippen molar-refractivity contribution in [1.29, 1.82) is 0 Å². The number of carbonyl (C=O) groups excluding carboxylic acids is 1. The minimum atomic E-state index is -0.760. The van der Waals surface area contributed by atoms with E-state index in [1.165, 1.54) is 19.4 Å². The van der Waals surface area contributed by atoms with Gasteiger partial charge in [0, 0.05) is 12.4 Å². The Morgan fingerprint density at radius 2 is 2.46 bits per heavy atom. The molecule has 1 N–H and O–H groups in total. The van der Waals surface area contributed by atoms with Gasteiger partial charge in [0.25, 0.3) is 0 Å². The summed E-state index contributed by atoms with van der Waals surface area (Å²) in [5.74, 6) is -1.20. The first-order valence-corrected chi connectivity index (χ1v) is 3.63. The van der Waals surface area contributed by atoms with Crippen molar-refractivity contribution >= 4 is 12.0 Å². The molecule has 0 saturated carbocycles. The number of pyridine rings is 1. The van der Waals surface area contributed by atoms with Gasteiger partial charge in [-0.15, -0.1) is 0 Å². The molecule has 0 fully saturated rings. The monoisotopic (exact) mass is 179 g/mol. The van der Waals surface area contributed by atoms with E-state index < -0.39 is 11.7 Å². The van der Waals surface area contributed by atoms with Crippen molar-refractivity contribution in [3.8, 4) is 0 Å². The van der Waals surface area contributed by atoms with Crippen LogP contribution in [0.1, 0.15) is 5.56 Å². The molecule has 4 nitrogen and oxygen atoms in total. The molecule has 1 rings (SSSR count). The second-order valence-electron chi connectivity index (χ2n) is 2.31. The molecular weight excluding hydrogens is 170 g/mol. The fraction of sp³-hybridized carbons (Fsp3) is 0.111. The van der Waals surface area contributed by atoms with Gasteiger partial charge in [-0.05, 0) is 17.7 Å². The minimum absolute atomic E-state index is 0.435. The first-order chi connectivity index (χ1) is 6.24. The van der Waals surface area contributed by atoms with E-state index in [1.54, 1.807) is 18.3 Å². The highest BCUT2D eigenvalue weighted by molar-refractivity contribution is 5.90. The number of carbonyl (C=O) groups is 1. The average Bonchev–Trinajstić information content (AvgIpc) is 2.18. The van der Waals surface area contributed by atoms with Crippen LogP contribution in [0.2, 0.25) is 0 Å². The van der Waals surface area contributed by atoms with Gasteiger partial charge >= 0.3 is 5.97 Å². The topological polar surface area (TPSA) is 59.4 Å². The zero-order valence-corrected chi connectivity index (χ0v) is 7.10. The first-order valence-electron chi connectivity index (χ1n) is 3.63. The molecule has 0 aliphatic rings. The molecule has 0 saturated heterocycles. The number of methoxy groups -OCH3 is 1. The van der Waals surface area contributed by atoms with Gasteiger partial charge in [0.15, 0.2) is 0 Å². The highest BCUT2D eigenvalue weighted by Crippen LogP contribution is 2.03. The van der Waals surface area contributed by atoms with E-state index in [-0.39, 0.29) is 0 Å². The van der Waals surface area contributed by atoms with Gasteiger partial charge in [-0.3, -0.25) is 4.98 Å². The number of rotatable bonds is 2. The number of esters is 1. The van der Waals surface area contributed by atoms with Crippen LogP contribution in [0.25, 0.3) is 6.08 Å². The summed E-state index contributed by atoms with van der Waals surface area (Å²) in [6.07, 6.45) is 4.42. The summed E-state index contributed by atoms with van der Waals surface area (Å²) in [5.41, 5.74) is 0.644. The van der Waals surface area contributed by atoms with Crippen molar-refractivity contribution in [3.63, 3.8) is 0 Å². The van der Waals surface area contributed by atoms with E-state index in [9.17, 15) is 4.79 Å². The molecule has 4 heteroatoms. The van der Waals surface area contributed by atoms with E-state index in [1.807, 2.05) is 0 Å². The van der Waals surface area contributed by atoms with Crippen LogP contribution in [0.4, 0.5) is 0 Å². The maximum Gasteiger partial charge on any atom is 0.373 e. The van der Waals surface area contributed by atoms with Crippen LogP contribution in [-0.2, 0) is 9.53 Å². The van der Waals surface area contributed by atoms with Gasteiger partial charge in [-0.2, -0.15) is 0 Å². The van der Waals surface area contributed by atoms with Crippen LogP contribution in [-0.4, -0.2) is 23.2 Å². The second kappa shape index (κ2) is 4.25. The number of aliphatic hydroxyl groups is 1. The Morgan fingerprint density at radius 1 is 1.69 bits per heavy atom. The number of hydrogen-bond acceptors (Lipinski definition) is 4. The van der Waals surface area contributed by atoms with Crippen molar-refractivity contribution in [3.05, 3.63) is 35.8 Å². The quantitative estimate of drug-likeness (QED) is 0.420. The van der Waals surface area contributed by atoms with Crippen molar-refractivity contribution < 1.29 is 14.6 Å². The van der Waals surface area contributed by atoms with Crippen LogP contribution in [0.3, 0.4) is 0 Å². The maximum absolute atomic E-state index is 10.8. The molecule has 0 atom stereocenters. The zero-order valence-electron chi connectivity index (χ0n) is 7.10. The largest absolute Gasteiger partial charge is 0.502 e. The molecule has 0 radical (unpaired) electrons. The van der Waals surface area contributed by atoms with E-state index >= 15 is 0 Å². The molecule has 0 spiro atoms. The molecule has 1 aromatic heterocycles. The van der Waals surface area contributed by atoms with Crippen LogP contribution < -0.4 is 0 Å². The number of nitrogens with zero attached hydrogens (tertiary/aromatic N) is 1. The second-order valence-corrected chi connectivity index (χ2v) is 2.31. The van der Waals surface area contributed by atoms with E-state index in [0.717, 1.165) is 0 Å². The lowest BCUT2D eigenvalue weighted by molar-refractivity contribution is -0.138. The van der Waals surface area contributed by atoms with Gasteiger partial charge in [0.2, 0.25) is 5.76 Å². The normalized spacial score (nSPS) is 11.0. The van der Waals surface area contributed by atoms with Crippen LogP contribution in [0.5, 0.6) is 0 Å². The number of aliphatic hydroxyl groups excluding tert-OH is 1. The van der Waals surface area contributed by atoms with Crippen molar-refractivity contribution in [2.45, 2.75) is 0 Å². The fourth-order valence-electron chi connectivity index (χ4n) is 0.783. The lowest BCUT2D eigenvalue weighted by Gasteiger charge is -1.96. The highest BCUT2D eigenvalue weighted by atomic mass is 16.5. The Labute approximate surface area is 75.5 Å². The summed E-state index contributed by atoms with van der Waals surface area (Å²) in [6, 6.07) is 3.42. The first kappa shape index (κ1) is 9.25. The molecule has 0 unspecified atom stereocenters. The molecule has 0 bridgehead atoms. The average molecular weight is 179 g/mol. The Morgan fingerprint density at radius 3 is 3.00 bits per heavy atom. The third-order valence-electron chi connectivity index (χ3n) is 1.38. The molecule has 0 aromatic carbocycles. The molecule has 0 aliphatic heterocycles. The SMILES string of the molecule is COC(=O)/C(O)=C\c1cccnc1. The molecule has 68 valence electrons. The summed E-state index contributed by atoms with van der Waals surface area (Å²) in [6.45, 7) is 0. The smallest absolute Gasteiger partial charge is 0.373 e. The summed E-state index contributed by atoms with van der Waals surface area (Å²) in [5, 5.41) is 9.13. The Bertz CT molecular complexity index is 319. The zero-order chi connectivity index (χ0) is 9.68. The highest BCUT2D eigenvalue weighted by Gasteiger charge is 2.05. The molecule has 1 aromatic rings. The summed E-state index contributed by atoms with van der Waals surface area (Å²) >= 11 is 0. The maximum atomic E-state index is 10.8. The third kappa shape index (κ3) is 2.59. The Kier molecular flexibility index (Phi) is 3.03. The van der Waals surface area contributed by atoms with Crippen LogP contribution in [0, 0.1) is 0 Å². The van der Waals surface area contributed by atoms with Crippen molar-refractivity contribution in [2.24, 2.45) is 0 Å². The van der Waals surface area contributed by atoms with Gasteiger partial charge in [0.05, 0.1) is 7.11 Å². The van der Waals surface area contributed by atoms with E-state index in [4.69, 9.17) is 5.11 Å². The van der Waals surface area contributed by atoms with Crippen LogP contribution >= 0.6 is 0 Å². The fourth-order valence-corrected chi connectivity index (χ4v) is 0.783. The molecular formula is C9H9NO3. The van der Waals surface area contributed by atoms with E-state index in [2.05, 4.69) is 9.72 Å². The predicted octanol–water partition coefficient (Wildman–Crippen LogP) is 1.15. The third-order valence-corrected chi connectivity index (χ3v) is 1.38. The van der Waals surface area contributed by atoms with E-state index in [0.29, 0.717) is 5.56 Å². The predicted molar refractivity (Wildman–Crippen MR) is 46.9 cm³/mol. The number of ether oxygens (including phenoxy) is 1. The van der Waals surface area contributed by atoms with Gasteiger partial charge in [-0.1, -0.05) is 6.07 Å². The summed E-state index contributed by atoms with van der Waals surface area (Å²) in [7, 11) is 1.20. The van der Waals surface area contributed by atoms with Crippen LogP contribution in [0.15, 0.2) is 30.3 Å². The lowest BCUT2D eigenvalue weighted by atomic mass is 10.2. The molecule has 13 heavy (non-hydrogen) atoms. The number of aromatic nitrogens is 1. The lowest BCUT2D eigenvalue weighted by Crippen LogP contribution is -2.03. The summed E-state index contributed by atoms with van der Waals surface area (Å²) in [4.78, 5) is 14.6. The Balaban J connectivity index is 2.83. The van der Waals surface area contributed by atoms with Gasteiger partial charge in [0.1, 0.15) is 0 Å².